The largest absolute Gasteiger partial charge is 0.331 e. The maximum Gasteiger partial charge on any atom is 0.245 e. The Kier molecular flexibility index (Phi) is 7.60. The van der Waals surface area contributed by atoms with Crippen LogP contribution in [-0.4, -0.2) is 39.1 Å². The zero-order chi connectivity index (χ0) is 22.2. The van der Waals surface area contributed by atoms with Crippen molar-refractivity contribution in [1.29, 1.82) is 0 Å². The summed E-state index contributed by atoms with van der Waals surface area (Å²) >= 11 is 0. The predicted molar refractivity (Wildman–Crippen MR) is 124 cm³/mol. The van der Waals surface area contributed by atoms with Crippen molar-refractivity contribution in [1.82, 2.24) is 14.7 Å². The van der Waals surface area contributed by atoms with Gasteiger partial charge in [-0.15, -0.1) is 0 Å². The number of amides is 2. The SMILES string of the molecule is CCCCC(=O)N(CC(=O)Nc1cc(-c2ccccc2)nn1-c1ccccc1)C(C)C. The molecule has 0 saturated heterocycles. The van der Waals surface area contributed by atoms with E-state index in [2.05, 4.69) is 12.2 Å². The van der Waals surface area contributed by atoms with Gasteiger partial charge in [0.25, 0.3) is 0 Å². The fraction of sp³-hybridized carbons (Fsp3) is 0.320. The van der Waals surface area contributed by atoms with E-state index < -0.39 is 0 Å². The Balaban J connectivity index is 1.84. The number of benzene rings is 2. The molecule has 3 rings (SSSR count). The molecule has 0 bridgehead atoms. The van der Waals surface area contributed by atoms with E-state index >= 15 is 0 Å². The lowest BCUT2D eigenvalue weighted by atomic mass is 10.1. The molecule has 0 fully saturated rings. The molecule has 1 N–H and O–H groups in total. The number of para-hydroxylation sites is 1. The second-order valence-corrected chi connectivity index (χ2v) is 7.80. The summed E-state index contributed by atoms with van der Waals surface area (Å²) in [6, 6.07) is 21.3. The number of hydrogen-bond acceptors (Lipinski definition) is 3. The summed E-state index contributed by atoms with van der Waals surface area (Å²) in [5, 5.41) is 7.68. The topological polar surface area (TPSA) is 67.2 Å². The lowest BCUT2D eigenvalue weighted by molar-refractivity contribution is -0.136. The van der Waals surface area contributed by atoms with Crippen molar-refractivity contribution in [3.63, 3.8) is 0 Å². The molecule has 2 aromatic carbocycles. The van der Waals surface area contributed by atoms with E-state index in [1.54, 1.807) is 9.58 Å². The molecule has 0 aliphatic rings. The van der Waals surface area contributed by atoms with Gasteiger partial charge in [-0.1, -0.05) is 61.9 Å². The first-order valence-corrected chi connectivity index (χ1v) is 10.8. The fourth-order valence-electron chi connectivity index (χ4n) is 3.35. The Morgan fingerprint density at radius 3 is 2.29 bits per heavy atom. The summed E-state index contributed by atoms with van der Waals surface area (Å²) in [6.45, 7) is 5.92. The first-order chi connectivity index (χ1) is 15.0. The monoisotopic (exact) mass is 418 g/mol. The first-order valence-electron chi connectivity index (χ1n) is 10.8. The highest BCUT2D eigenvalue weighted by molar-refractivity contribution is 5.94. The third-order valence-corrected chi connectivity index (χ3v) is 5.05. The summed E-state index contributed by atoms with van der Waals surface area (Å²) in [5.74, 6) is 0.337. The van der Waals surface area contributed by atoms with Gasteiger partial charge in [-0.2, -0.15) is 5.10 Å². The van der Waals surface area contributed by atoms with Crippen molar-refractivity contribution in [2.75, 3.05) is 11.9 Å². The number of anilines is 1. The molecular formula is C25H30N4O2. The number of carbonyl (C=O) groups excluding carboxylic acids is 2. The van der Waals surface area contributed by atoms with Crippen molar-refractivity contribution in [3.05, 3.63) is 66.7 Å². The Morgan fingerprint density at radius 2 is 1.68 bits per heavy atom. The average molecular weight is 419 g/mol. The average Bonchev–Trinajstić information content (AvgIpc) is 3.20. The summed E-state index contributed by atoms with van der Waals surface area (Å²) in [5.41, 5.74) is 2.57. The summed E-state index contributed by atoms with van der Waals surface area (Å²) in [7, 11) is 0. The standard InChI is InChI=1S/C25H30N4O2/c1-4-5-16-25(31)28(19(2)3)18-24(30)26-23-17-22(20-12-8-6-9-13-20)27-29(23)21-14-10-7-11-15-21/h6-15,17,19H,4-5,16,18H2,1-3H3,(H,26,30). The molecule has 0 aliphatic heterocycles. The minimum absolute atomic E-state index is 0.00791. The molecule has 0 atom stereocenters. The molecule has 31 heavy (non-hydrogen) atoms. The van der Waals surface area contributed by atoms with Crippen molar-refractivity contribution in [3.8, 4) is 16.9 Å². The Labute approximate surface area is 183 Å². The minimum atomic E-state index is -0.241. The van der Waals surface area contributed by atoms with Crippen LogP contribution >= 0.6 is 0 Å². The van der Waals surface area contributed by atoms with Crippen LogP contribution in [-0.2, 0) is 9.59 Å². The van der Waals surface area contributed by atoms with Crippen molar-refractivity contribution < 1.29 is 9.59 Å². The highest BCUT2D eigenvalue weighted by Crippen LogP contribution is 2.24. The number of nitrogens with one attached hydrogen (secondary N) is 1. The maximum atomic E-state index is 12.9. The second-order valence-electron chi connectivity index (χ2n) is 7.80. The maximum absolute atomic E-state index is 12.9. The van der Waals surface area contributed by atoms with E-state index in [1.807, 2.05) is 80.6 Å². The van der Waals surface area contributed by atoms with Crippen molar-refractivity contribution in [2.24, 2.45) is 0 Å². The van der Waals surface area contributed by atoms with E-state index in [0.29, 0.717) is 12.2 Å². The quantitative estimate of drug-likeness (QED) is 0.537. The molecule has 0 spiro atoms. The molecule has 6 nitrogen and oxygen atoms in total. The Bertz CT molecular complexity index is 997. The van der Waals surface area contributed by atoms with Crippen LogP contribution in [0, 0.1) is 0 Å². The van der Waals surface area contributed by atoms with Crippen LogP contribution in [0.4, 0.5) is 5.82 Å². The Morgan fingerprint density at radius 1 is 1.03 bits per heavy atom. The van der Waals surface area contributed by atoms with Crippen LogP contribution in [0.25, 0.3) is 16.9 Å². The zero-order valence-electron chi connectivity index (χ0n) is 18.4. The van der Waals surface area contributed by atoms with Crippen LogP contribution in [0.3, 0.4) is 0 Å². The molecular weight excluding hydrogens is 388 g/mol. The van der Waals surface area contributed by atoms with Gasteiger partial charge in [0, 0.05) is 24.1 Å². The van der Waals surface area contributed by atoms with Gasteiger partial charge in [0.2, 0.25) is 11.8 Å². The van der Waals surface area contributed by atoms with Crippen molar-refractivity contribution >= 4 is 17.6 Å². The number of unbranched alkanes of at least 4 members (excludes halogenated alkanes) is 1. The van der Waals surface area contributed by atoms with E-state index in [9.17, 15) is 9.59 Å². The van der Waals surface area contributed by atoms with Crippen LogP contribution in [0.2, 0.25) is 0 Å². The predicted octanol–water partition coefficient (Wildman–Crippen LogP) is 4.91. The fourth-order valence-corrected chi connectivity index (χ4v) is 3.35. The molecule has 0 saturated carbocycles. The molecule has 6 heteroatoms. The molecule has 3 aromatic rings. The Hall–Kier alpha value is -3.41. The summed E-state index contributed by atoms with van der Waals surface area (Å²) in [4.78, 5) is 27.1. The first kappa shape index (κ1) is 22.3. The normalized spacial score (nSPS) is 10.8. The molecule has 162 valence electrons. The minimum Gasteiger partial charge on any atom is -0.331 e. The highest BCUT2D eigenvalue weighted by atomic mass is 16.2. The van der Waals surface area contributed by atoms with E-state index in [1.165, 1.54) is 0 Å². The van der Waals surface area contributed by atoms with Gasteiger partial charge in [0.1, 0.15) is 12.4 Å². The lowest BCUT2D eigenvalue weighted by Gasteiger charge is -2.26. The molecule has 0 aliphatic carbocycles. The summed E-state index contributed by atoms with van der Waals surface area (Å²) < 4.78 is 1.72. The number of nitrogens with zero attached hydrogens (tertiary/aromatic N) is 3. The number of carbonyl (C=O) groups is 2. The van der Waals surface area contributed by atoms with Gasteiger partial charge in [0.05, 0.1) is 11.4 Å². The third-order valence-electron chi connectivity index (χ3n) is 5.05. The second kappa shape index (κ2) is 10.6. The zero-order valence-corrected chi connectivity index (χ0v) is 18.4. The van der Waals surface area contributed by atoms with Gasteiger partial charge in [-0.3, -0.25) is 9.59 Å². The third kappa shape index (κ3) is 5.81. The smallest absolute Gasteiger partial charge is 0.245 e. The van der Waals surface area contributed by atoms with Gasteiger partial charge in [0.15, 0.2) is 0 Å². The number of aromatic nitrogens is 2. The van der Waals surface area contributed by atoms with E-state index in [-0.39, 0.29) is 24.4 Å². The molecule has 2 amide bonds. The van der Waals surface area contributed by atoms with E-state index in [0.717, 1.165) is 29.8 Å². The van der Waals surface area contributed by atoms with Crippen LogP contribution < -0.4 is 5.32 Å². The highest BCUT2D eigenvalue weighted by Gasteiger charge is 2.21. The van der Waals surface area contributed by atoms with Gasteiger partial charge in [-0.05, 0) is 32.4 Å². The van der Waals surface area contributed by atoms with Crippen molar-refractivity contribution in [2.45, 2.75) is 46.1 Å². The molecule has 1 heterocycles. The lowest BCUT2D eigenvalue weighted by Crippen LogP contribution is -2.42. The van der Waals surface area contributed by atoms with Gasteiger partial charge >= 0.3 is 0 Å². The van der Waals surface area contributed by atoms with Crippen LogP contribution in [0.15, 0.2) is 66.7 Å². The summed E-state index contributed by atoms with van der Waals surface area (Å²) in [6.07, 6.45) is 2.23. The van der Waals surface area contributed by atoms with Crippen LogP contribution in [0.5, 0.6) is 0 Å². The van der Waals surface area contributed by atoms with Crippen LogP contribution in [0.1, 0.15) is 40.0 Å². The molecule has 1 aromatic heterocycles. The van der Waals surface area contributed by atoms with E-state index in [4.69, 9.17) is 5.10 Å². The molecule has 0 unspecified atom stereocenters. The molecule has 0 radical (unpaired) electrons. The van der Waals surface area contributed by atoms with Gasteiger partial charge in [-0.25, -0.2) is 4.68 Å². The number of rotatable bonds is 9. The number of hydrogen-bond donors (Lipinski definition) is 1. The van der Waals surface area contributed by atoms with Gasteiger partial charge < -0.3 is 10.2 Å².